The number of nitrogens with zero attached hydrogens (tertiary/aromatic N) is 1. The Kier molecular flexibility index (Phi) is 3.50. The maximum atomic E-state index is 11.6. The molecule has 0 radical (unpaired) electrons. The van der Waals surface area contributed by atoms with Crippen molar-refractivity contribution in [3.63, 3.8) is 0 Å². The standard InChI is InChI=1S/C11H18N2O2/c1-11(2,3)15-10(14)13-6-4-9(8-12)5-7-13/h4,8,12H,5-7H2,1-3H3. The average molecular weight is 210 g/mol. The number of carbonyl (C=O) groups excluding carboxylic acids is 1. The van der Waals surface area contributed by atoms with Crippen molar-refractivity contribution in [2.45, 2.75) is 32.8 Å². The summed E-state index contributed by atoms with van der Waals surface area (Å²) < 4.78 is 5.25. The Hall–Kier alpha value is -1.32. The lowest BCUT2D eigenvalue weighted by atomic mass is 10.1. The number of hydrogen-bond donors (Lipinski definition) is 1. The Balaban J connectivity index is 2.50. The van der Waals surface area contributed by atoms with Gasteiger partial charge in [-0.2, -0.15) is 0 Å². The Bertz CT molecular complexity index is 289. The van der Waals surface area contributed by atoms with Crippen LogP contribution in [0.1, 0.15) is 27.2 Å². The molecule has 0 saturated heterocycles. The van der Waals surface area contributed by atoms with E-state index in [9.17, 15) is 4.79 Å². The molecule has 0 saturated carbocycles. The van der Waals surface area contributed by atoms with Crippen molar-refractivity contribution in [2.24, 2.45) is 0 Å². The molecule has 1 aliphatic heterocycles. The summed E-state index contributed by atoms with van der Waals surface area (Å²) >= 11 is 0. The highest BCUT2D eigenvalue weighted by Gasteiger charge is 2.22. The van der Waals surface area contributed by atoms with Gasteiger partial charge in [-0.05, 0) is 32.8 Å². The fraction of sp³-hybridized carbons (Fsp3) is 0.636. The minimum atomic E-state index is -0.442. The van der Waals surface area contributed by atoms with Gasteiger partial charge in [0.25, 0.3) is 0 Å². The summed E-state index contributed by atoms with van der Waals surface area (Å²) in [5.74, 6) is 0. The maximum absolute atomic E-state index is 11.6. The van der Waals surface area contributed by atoms with Crippen molar-refractivity contribution in [2.75, 3.05) is 13.1 Å². The lowest BCUT2D eigenvalue weighted by Crippen LogP contribution is -2.39. The van der Waals surface area contributed by atoms with Gasteiger partial charge in [0.05, 0.1) is 0 Å². The zero-order chi connectivity index (χ0) is 11.5. The van der Waals surface area contributed by atoms with Gasteiger partial charge in [-0.25, -0.2) is 4.79 Å². The van der Waals surface area contributed by atoms with Crippen molar-refractivity contribution < 1.29 is 9.53 Å². The van der Waals surface area contributed by atoms with Crippen molar-refractivity contribution in [3.05, 3.63) is 11.6 Å². The van der Waals surface area contributed by atoms with Gasteiger partial charge in [0.2, 0.25) is 0 Å². The monoisotopic (exact) mass is 210 g/mol. The van der Waals surface area contributed by atoms with E-state index in [0.29, 0.717) is 13.1 Å². The van der Waals surface area contributed by atoms with Crippen LogP contribution >= 0.6 is 0 Å². The number of carbonyl (C=O) groups is 1. The molecule has 0 unspecified atom stereocenters. The molecule has 84 valence electrons. The van der Waals surface area contributed by atoms with E-state index in [-0.39, 0.29) is 6.09 Å². The molecule has 1 rings (SSSR count). The fourth-order valence-corrected chi connectivity index (χ4v) is 1.31. The lowest BCUT2D eigenvalue weighted by molar-refractivity contribution is 0.0267. The summed E-state index contributed by atoms with van der Waals surface area (Å²) in [4.78, 5) is 13.3. The van der Waals surface area contributed by atoms with Gasteiger partial charge in [0, 0.05) is 19.3 Å². The highest BCUT2D eigenvalue weighted by atomic mass is 16.6. The van der Waals surface area contributed by atoms with Gasteiger partial charge < -0.3 is 15.0 Å². The molecule has 1 aliphatic rings. The highest BCUT2D eigenvalue weighted by molar-refractivity contribution is 5.77. The molecule has 0 atom stereocenters. The zero-order valence-electron chi connectivity index (χ0n) is 9.54. The van der Waals surface area contributed by atoms with Crippen LogP contribution in [0, 0.1) is 5.41 Å². The van der Waals surface area contributed by atoms with Crippen molar-refractivity contribution >= 4 is 12.3 Å². The van der Waals surface area contributed by atoms with E-state index in [0.717, 1.165) is 12.0 Å². The van der Waals surface area contributed by atoms with Gasteiger partial charge in [-0.3, -0.25) is 0 Å². The van der Waals surface area contributed by atoms with E-state index in [1.54, 1.807) is 4.90 Å². The van der Waals surface area contributed by atoms with Crippen LogP contribution in [0.15, 0.2) is 11.6 Å². The van der Waals surface area contributed by atoms with Crippen LogP contribution in [0.3, 0.4) is 0 Å². The van der Waals surface area contributed by atoms with Gasteiger partial charge in [0.1, 0.15) is 5.60 Å². The van der Waals surface area contributed by atoms with E-state index in [2.05, 4.69) is 0 Å². The van der Waals surface area contributed by atoms with Gasteiger partial charge >= 0.3 is 6.09 Å². The third-order valence-electron chi connectivity index (χ3n) is 2.08. The minimum Gasteiger partial charge on any atom is -0.444 e. The van der Waals surface area contributed by atoms with Crippen LogP contribution in [0.4, 0.5) is 4.79 Å². The first-order chi connectivity index (χ1) is 6.92. The smallest absolute Gasteiger partial charge is 0.410 e. The molecule has 4 heteroatoms. The molecule has 0 spiro atoms. The number of hydrogen-bond acceptors (Lipinski definition) is 3. The van der Waals surface area contributed by atoms with Crippen LogP contribution in [-0.4, -0.2) is 35.9 Å². The summed E-state index contributed by atoms with van der Waals surface area (Å²) in [7, 11) is 0. The van der Waals surface area contributed by atoms with Crippen LogP contribution in [0.25, 0.3) is 0 Å². The summed E-state index contributed by atoms with van der Waals surface area (Å²) in [6, 6.07) is 0. The summed E-state index contributed by atoms with van der Waals surface area (Å²) in [6.45, 7) is 6.74. The summed E-state index contributed by atoms with van der Waals surface area (Å²) in [5, 5.41) is 7.09. The molecular weight excluding hydrogens is 192 g/mol. The second-order valence-electron chi connectivity index (χ2n) is 4.60. The Labute approximate surface area is 90.4 Å². The van der Waals surface area contributed by atoms with E-state index in [1.165, 1.54) is 6.21 Å². The predicted octanol–water partition coefficient (Wildman–Crippen LogP) is 2.20. The van der Waals surface area contributed by atoms with Gasteiger partial charge in [0.15, 0.2) is 0 Å². The Morgan fingerprint density at radius 3 is 2.67 bits per heavy atom. The molecule has 0 aliphatic carbocycles. The second kappa shape index (κ2) is 4.47. The highest BCUT2D eigenvalue weighted by Crippen LogP contribution is 2.14. The summed E-state index contributed by atoms with van der Waals surface area (Å²) in [5.41, 5.74) is 0.539. The van der Waals surface area contributed by atoms with Crippen LogP contribution < -0.4 is 0 Å². The van der Waals surface area contributed by atoms with E-state index in [1.807, 2.05) is 26.8 Å². The van der Waals surface area contributed by atoms with Crippen molar-refractivity contribution in [3.8, 4) is 0 Å². The van der Waals surface area contributed by atoms with Gasteiger partial charge in [-0.1, -0.05) is 6.08 Å². The second-order valence-corrected chi connectivity index (χ2v) is 4.60. The van der Waals surface area contributed by atoms with E-state index in [4.69, 9.17) is 10.1 Å². The molecule has 0 aromatic heterocycles. The van der Waals surface area contributed by atoms with Crippen molar-refractivity contribution in [1.82, 2.24) is 4.90 Å². The molecule has 0 bridgehead atoms. The van der Waals surface area contributed by atoms with Crippen molar-refractivity contribution in [1.29, 1.82) is 5.41 Å². The van der Waals surface area contributed by atoms with Crippen LogP contribution in [0.2, 0.25) is 0 Å². The average Bonchev–Trinajstić information content (AvgIpc) is 2.15. The normalized spacial score (nSPS) is 17.0. The molecule has 0 fully saturated rings. The molecule has 1 heterocycles. The third-order valence-corrected chi connectivity index (χ3v) is 2.08. The SMILES string of the molecule is CC(C)(C)OC(=O)N1CC=C(C=N)CC1. The molecule has 0 aromatic carbocycles. The van der Waals surface area contributed by atoms with E-state index >= 15 is 0 Å². The topological polar surface area (TPSA) is 53.4 Å². The lowest BCUT2D eigenvalue weighted by Gasteiger charge is -2.28. The Morgan fingerprint density at radius 1 is 1.60 bits per heavy atom. The summed E-state index contributed by atoms with van der Waals surface area (Å²) in [6.07, 6.45) is 3.69. The quantitative estimate of drug-likeness (QED) is 0.674. The zero-order valence-corrected chi connectivity index (χ0v) is 9.54. The molecule has 1 N–H and O–H groups in total. The molecular formula is C11H18N2O2. The first-order valence-electron chi connectivity index (χ1n) is 5.10. The molecule has 15 heavy (non-hydrogen) atoms. The number of rotatable bonds is 1. The third kappa shape index (κ3) is 3.73. The first-order valence-corrected chi connectivity index (χ1v) is 5.10. The number of ether oxygens (including phenoxy) is 1. The fourth-order valence-electron chi connectivity index (χ4n) is 1.31. The predicted molar refractivity (Wildman–Crippen MR) is 59.3 cm³/mol. The number of nitrogens with one attached hydrogen (secondary N) is 1. The molecule has 0 aromatic rings. The minimum absolute atomic E-state index is 0.275. The van der Waals surface area contributed by atoms with E-state index < -0.39 is 5.60 Å². The van der Waals surface area contributed by atoms with Gasteiger partial charge in [-0.15, -0.1) is 0 Å². The largest absolute Gasteiger partial charge is 0.444 e. The van der Waals surface area contributed by atoms with Crippen LogP contribution in [0.5, 0.6) is 0 Å². The molecule has 1 amide bonds. The Morgan fingerprint density at radius 2 is 2.27 bits per heavy atom. The maximum Gasteiger partial charge on any atom is 0.410 e. The number of amides is 1. The van der Waals surface area contributed by atoms with Crippen LogP contribution in [-0.2, 0) is 4.74 Å². The molecule has 4 nitrogen and oxygen atoms in total. The first kappa shape index (κ1) is 11.8.